The number of aryl methyl sites for hydroxylation is 1. The van der Waals surface area contributed by atoms with Crippen LogP contribution in [-0.2, 0) is 11.8 Å². The van der Waals surface area contributed by atoms with Crippen LogP contribution in [0.3, 0.4) is 0 Å². The van der Waals surface area contributed by atoms with Gasteiger partial charge in [0.15, 0.2) is 0 Å². The van der Waals surface area contributed by atoms with E-state index in [-0.39, 0.29) is 48.6 Å². The van der Waals surface area contributed by atoms with Crippen LogP contribution in [0.1, 0.15) is 38.2 Å². The molecule has 3 heterocycles. The normalized spacial score (nSPS) is 27.3. The number of likely N-dealkylation sites (tertiary alicyclic amines) is 1. The Morgan fingerprint density at radius 3 is 2.85 bits per heavy atom. The summed E-state index contributed by atoms with van der Waals surface area (Å²) in [4.78, 5) is 15.2. The summed E-state index contributed by atoms with van der Waals surface area (Å²) < 4.78 is 1.81. The summed E-state index contributed by atoms with van der Waals surface area (Å²) in [7, 11) is 1.92. The molecule has 0 aromatic carbocycles. The molecular formula is C18H33Cl2N5O. The molecule has 3 rings (SSSR count). The number of hydrogen-bond acceptors (Lipinski definition) is 4. The van der Waals surface area contributed by atoms with E-state index in [4.69, 9.17) is 0 Å². The number of nitrogens with zero attached hydrogens (tertiary/aromatic N) is 3. The van der Waals surface area contributed by atoms with Gasteiger partial charge in [0.1, 0.15) is 0 Å². The van der Waals surface area contributed by atoms with Gasteiger partial charge in [-0.1, -0.05) is 6.92 Å². The molecule has 26 heavy (non-hydrogen) atoms. The Bertz CT molecular complexity index is 568. The van der Waals surface area contributed by atoms with Gasteiger partial charge in [0.05, 0.1) is 12.1 Å². The first-order valence-corrected chi connectivity index (χ1v) is 9.25. The van der Waals surface area contributed by atoms with Crippen LogP contribution in [0.15, 0.2) is 12.4 Å². The second-order valence-corrected chi connectivity index (χ2v) is 7.74. The first-order chi connectivity index (χ1) is 11.5. The number of rotatable bonds is 5. The summed E-state index contributed by atoms with van der Waals surface area (Å²) in [6.07, 6.45) is 6.52. The van der Waals surface area contributed by atoms with Crippen molar-refractivity contribution in [2.24, 2.45) is 18.9 Å². The predicted octanol–water partition coefficient (Wildman–Crippen LogP) is 1.80. The fourth-order valence-electron chi connectivity index (χ4n) is 4.17. The maximum Gasteiger partial charge on any atom is 0.225 e. The molecule has 1 amide bonds. The van der Waals surface area contributed by atoms with Crippen molar-refractivity contribution in [3.8, 4) is 0 Å². The lowest BCUT2D eigenvalue weighted by atomic mass is 9.90. The van der Waals surface area contributed by atoms with Gasteiger partial charge >= 0.3 is 0 Å². The molecule has 6 nitrogen and oxygen atoms in total. The summed E-state index contributed by atoms with van der Waals surface area (Å²) in [6, 6.07) is 0.193. The highest BCUT2D eigenvalue weighted by molar-refractivity contribution is 5.85. The molecule has 0 saturated carbocycles. The zero-order valence-corrected chi connectivity index (χ0v) is 17.6. The van der Waals surface area contributed by atoms with Gasteiger partial charge in [-0.15, -0.1) is 24.8 Å². The molecule has 2 N–H and O–H groups in total. The zero-order chi connectivity index (χ0) is 17.1. The Kier molecular flexibility index (Phi) is 9.38. The fraction of sp³-hybridized carbons (Fsp3) is 0.778. The minimum atomic E-state index is -0.00284. The van der Waals surface area contributed by atoms with Gasteiger partial charge in [0, 0.05) is 51.4 Å². The van der Waals surface area contributed by atoms with Crippen LogP contribution in [0.4, 0.5) is 0 Å². The van der Waals surface area contributed by atoms with Gasteiger partial charge < -0.3 is 15.5 Å². The molecule has 1 aromatic rings. The average molecular weight is 406 g/mol. The molecule has 0 radical (unpaired) electrons. The van der Waals surface area contributed by atoms with Gasteiger partial charge in [-0.2, -0.15) is 5.10 Å². The van der Waals surface area contributed by atoms with Crippen LogP contribution in [0, 0.1) is 11.8 Å². The van der Waals surface area contributed by atoms with Crippen LogP contribution in [0.5, 0.6) is 0 Å². The lowest BCUT2D eigenvalue weighted by molar-refractivity contribution is -0.125. The Balaban J connectivity index is 0.00000169. The Morgan fingerprint density at radius 2 is 2.19 bits per heavy atom. The van der Waals surface area contributed by atoms with E-state index in [9.17, 15) is 4.79 Å². The average Bonchev–Trinajstić information content (AvgIpc) is 3.15. The lowest BCUT2D eigenvalue weighted by Crippen LogP contribution is -2.47. The van der Waals surface area contributed by atoms with Crippen molar-refractivity contribution in [1.29, 1.82) is 0 Å². The molecule has 2 aliphatic heterocycles. The summed E-state index contributed by atoms with van der Waals surface area (Å²) in [5.74, 6) is 1.17. The number of hydrogen-bond donors (Lipinski definition) is 2. The van der Waals surface area contributed by atoms with Gasteiger partial charge in [-0.3, -0.25) is 9.48 Å². The number of piperidine rings is 1. The molecule has 0 bridgehead atoms. The molecule has 4 atom stereocenters. The molecule has 1 aromatic heterocycles. The third-order valence-corrected chi connectivity index (χ3v) is 5.37. The summed E-state index contributed by atoms with van der Waals surface area (Å²) in [5.41, 5.74) is 1.15. The highest BCUT2D eigenvalue weighted by Crippen LogP contribution is 2.28. The monoisotopic (exact) mass is 405 g/mol. The van der Waals surface area contributed by atoms with Crippen LogP contribution in [-0.4, -0.2) is 59.4 Å². The molecule has 0 spiro atoms. The second kappa shape index (κ2) is 10.5. The van der Waals surface area contributed by atoms with Crippen LogP contribution in [0.2, 0.25) is 0 Å². The number of carbonyl (C=O) groups excluding carboxylic acids is 1. The van der Waals surface area contributed by atoms with Gasteiger partial charge in [0.25, 0.3) is 0 Å². The molecule has 150 valence electrons. The molecular weight excluding hydrogens is 373 g/mol. The topological polar surface area (TPSA) is 62.2 Å². The fourth-order valence-corrected chi connectivity index (χ4v) is 4.17. The molecule has 2 unspecified atom stereocenters. The molecule has 0 aliphatic carbocycles. The van der Waals surface area contributed by atoms with E-state index in [0.29, 0.717) is 0 Å². The van der Waals surface area contributed by atoms with Crippen molar-refractivity contribution in [2.45, 2.75) is 38.6 Å². The van der Waals surface area contributed by atoms with Crippen molar-refractivity contribution in [1.82, 2.24) is 25.3 Å². The standard InChI is InChI=1S/C18H31N5O.2ClH/c1-13-5-4-6-23(10-13)11-14(2)21-18(24)17-9-19-8-16(17)15-7-20-22(3)12-15;;/h7,12-14,16-17,19H,4-6,8-11H2,1-3H3,(H,21,24);2*1H/t13?,14?,16-,17+;;/m1../s1. The van der Waals surface area contributed by atoms with Crippen molar-refractivity contribution in [3.05, 3.63) is 18.0 Å². The minimum absolute atomic E-state index is 0. The first kappa shape index (κ1) is 23.2. The maximum atomic E-state index is 12.8. The SMILES string of the molecule is CC1CCCN(CC(C)NC(=O)[C@H]2CNC[C@@H]2c2cnn(C)c2)C1.Cl.Cl. The Morgan fingerprint density at radius 1 is 1.42 bits per heavy atom. The van der Waals surface area contributed by atoms with Crippen LogP contribution >= 0.6 is 24.8 Å². The van der Waals surface area contributed by atoms with Gasteiger partial charge in [-0.05, 0) is 37.8 Å². The van der Waals surface area contributed by atoms with Crippen LogP contribution in [0.25, 0.3) is 0 Å². The van der Waals surface area contributed by atoms with Gasteiger partial charge in [0.2, 0.25) is 5.91 Å². The zero-order valence-electron chi connectivity index (χ0n) is 16.0. The van der Waals surface area contributed by atoms with Crippen molar-refractivity contribution in [2.75, 3.05) is 32.7 Å². The number of carbonyl (C=O) groups is 1. The van der Waals surface area contributed by atoms with E-state index in [1.807, 2.05) is 24.1 Å². The lowest BCUT2D eigenvalue weighted by Gasteiger charge is -2.33. The highest BCUT2D eigenvalue weighted by Gasteiger charge is 2.35. The number of nitrogens with one attached hydrogen (secondary N) is 2. The second-order valence-electron chi connectivity index (χ2n) is 7.74. The molecule has 2 fully saturated rings. The Hall–Kier alpha value is -0.820. The summed E-state index contributed by atoms with van der Waals surface area (Å²) in [5, 5.41) is 10.9. The summed E-state index contributed by atoms with van der Waals surface area (Å²) in [6.45, 7) is 9.31. The van der Waals surface area contributed by atoms with E-state index in [1.54, 1.807) is 0 Å². The Labute approximate surface area is 169 Å². The number of halogens is 2. The van der Waals surface area contributed by atoms with Gasteiger partial charge in [-0.25, -0.2) is 0 Å². The first-order valence-electron chi connectivity index (χ1n) is 9.25. The highest BCUT2D eigenvalue weighted by atomic mass is 35.5. The maximum absolute atomic E-state index is 12.8. The predicted molar refractivity (Wildman–Crippen MR) is 109 cm³/mol. The van der Waals surface area contributed by atoms with E-state index in [2.05, 4.69) is 34.5 Å². The molecule has 2 saturated heterocycles. The smallest absolute Gasteiger partial charge is 0.225 e. The quantitative estimate of drug-likeness (QED) is 0.783. The van der Waals surface area contributed by atoms with Crippen molar-refractivity contribution >= 4 is 30.7 Å². The summed E-state index contributed by atoms with van der Waals surface area (Å²) >= 11 is 0. The number of amides is 1. The van der Waals surface area contributed by atoms with E-state index in [0.717, 1.165) is 44.2 Å². The third kappa shape index (κ3) is 5.84. The molecule has 8 heteroatoms. The van der Waals surface area contributed by atoms with Crippen LogP contribution < -0.4 is 10.6 Å². The van der Waals surface area contributed by atoms with E-state index >= 15 is 0 Å². The minimum Gasteiger partial charge on any atom is -0.352 e. The number of aromatic nitrogens is 2. The van der Waals surface area contributed by atoms with Crippen molar-refractivity contribution in [3.63, 3.8) is 0 Å². The van der Waals surface area contributed by atoms with Crippen molar-refractivity contribution < 1.29 is 4.79 Å². The largest absolute Gasteiger partial charge is 0.352 e. The third-order valence-electron chi connectivity index (χ3n) is 5.37. The molecule has 2 aliphatic rings. The van der Waals surface area contributed by atoms with E-state index in [1.165, 1.54) is 12.8 Å². The van der Waals surface area contributed by atoms with E-state index < -0.39 is 0 Å².